The van der Waals surface area contributed by atoms with Gasteiger partial charge in [-0.25, -0.2) is 0 Å². The molecular weight excluding hydrogens is 388 g/mol. The topological polar surface area (TPSA) is 38.0 Å². The highest BCUT2D eigenvalue weighted by Gasteiger charge is 2.19. The standard InChI is InChI=1S/C30H30N2/c1-23-17-20-28(25-13-7-3-8-14-25)30(21-23)32-27(19-18-24-11-5-2-6-12-24)22-29(31)26-15-9-4-10-16-26/h2-16,18,22-23,32H,17,20-21,31H2,1H3/b29-22-. The van der Waals surface area contributed by atoms with Gasteiger partial charge in [0.1, 0.15) is 0 Å². The molecule has 4 rings (SSSR count). The van der Waals surface area contributed by atoms with Gasteiger partial charge < -0.3 is 11.1 Å². The first kappa shape index (κ1) is 21.5. The van der Waals surface area contributed by atoms with Crippen LogP contribution in [0.15, 0.2) is 114 Å². The van der Waals surface area contributed by atoms with Crippen LogP contribution in [0.4, 0.5) is 0 Å². The summed E-state index contributed by atoms with van der Waals surface area (Å²) in [6, 6.07) is 31.0. The SMILES string of the molecule is CC1CCC(c2ccccc2)=C(NC(=C=Cc2ccccc2)/C=C(\N)c2ccccc2)C1. The molecule has 2 nitrogen and oxygen atoms in total. The van der Waals surface area contributed by atoms with Gasteiger partial charge in [-0.3, -0.25) is 0 Å². The van der Waals surface area contributed by atoms with Crippen LogP contribution >= 0.6 is 0 Å². The van der Waals surface area contributed by atoms with Crippen LogP contribution in [0.1, 0.15) is 42.9 Å². The van der Waals surface area contributed by atoms with E-state index in [1.807, 2.05) is 60.7 Å². The predicted molar refractivity (Wildman–Crippen MR) is 136 cm³/mol. The highest BCUT2D eigenvalue weighted by atomic mass is 14.9. The van der Waals surface area contributed by atoms with Gasteiger partial charge in [0.25, 0.3) is 0 Å². The van der Waals surface area contributed by atoms with Crippen LogP contribution in [0.2, 0.25) is 0 Å². The lowest BCUT2D eigenvalue weighted by Crippen LogP contribution is -2.20. The molecule has 0 spiro atoms. The minimum Gasteiger partial charge on any atom is -0.398 e. The molecule has 2 heteroatoms. The van der Waals surface area contributed by atoms with E-state index in [0.717, 1.165) is 29.7 Å². The Hall–Kier alpha value is -3.74. The second-order valence-electron chi connectivity index (χ2n) is 8.37. The van der Waals surface area contributed by atoms with E-state index in [0.29, 0.717) is 11.6 Å². The molecule has 3 aromatic rings. The Morgan fingerprint density at radius 1 is 0.906 bits per heavy atom. The van der Waals surface area contributed by atoms with Crippen LogP contribution in [-0.2, 0) is 0 Å². The average molecular weight is 419 g/mol. The third kappa shape index (κ3) is 5.69. The molecule has 160 valence electrons. The Kier molecular flexibility index (Phi) is 7.07. The van der Waals surface area contributed by atoms with Crippen molar-refractivity contribution in [3.05, 3.63) is 131 Å². The molecule has 0 bridgehead atoms. The molecule has 1 aliphatic carbocycles. The summed E-state index contributed by atoms with van der Waals surface area (Å²) in [7, 11) is 0. The Morgan fingerprint density at radius 3 is 2.22 bits per heavy atom. The van der Waals surface area contributed by atoms with Crippen molar-refractivity contribution in [2.24, 2.45) is 11.7 Å². The fraction of sp³-hybridized carbons (Fsp3) is 0.167. The van der Waals surface area contributed by atoms with E-state index < -0.39 is 0 Å². The molecule has 0 amide bonds. The molecule has 3 aromatic carbocycles. The van der Waals surface area contributed by atoms with Crippen LogP contribution in [0.25, 0.3) is 17.3 Å². The zero-order chi connectivity index (χ0) is 22.2. The molecule has 0 heterocycles. The fourth-order valence-electron chi connectivity index (χ4n) is 4.06. The fourth-order valence-corrected chi connectivity index (χ4v) is 4.06. The van der Waals surface area contributed by atoms with Crippen LogP contribution in [0.3, 0.4) is 0 Å². The number of nitrogens with one attached hydrogen (secondary N) is 1. The minimum atomic E-state index is 0.639. The monoisotopic (exact) mass is 418 g/mol. The summed E-state index contributed by atoms with van der Waals surface area (Å²) in [5, 5.41) is 3.70. The zero-order valence-electron chi connectivity index (χ0n) is 18.6. The molecule has 0 saturated carbocycles. The molecule has 0 saturated heterocycles. The maximum atomic E-state index is 6.47. The maximum absolute atomic E-state index is 6.47. The Bertz CT molecular complexity index is 1150. The van der Waals surface area contributed by atoms with E-state index in [2.05, 4.69) is 60.4 Å². The first-order valence-corrected chi connectivity index (χ1v) is 11.3. The van der Waals surface area contributed by atoms with Crippen molar-refractivity contribution in [1.29, 1.82) is 0 Å². The van der Waals surface area contributed by atoms with Crippen molar-refractivity contribution in [1.82, 2.24) is 5.32 Å². The zero-order valence-corrected chi connectivity index (χ0v) is 18.6. The van der Waals surface area contributed by atoms with Crippen molar-refractivity contribution >= 4 is 17.3 Å². The molecule has 32 heavy (non-hydrogen) atoms. The lowest BCUT2D eigenvalue weighted by atomic mass is 9.85. The highest BCUT2D eigenvalue weighted by Crippen LogP contribution is 2.34. The number of hydrogen-bond donors (Lipinski definition) is 2. The van der Waals surface area contributed by atoms with Gasteiger partial charge in [-0.15, -0.1) is 0 Å². The van der Waals surface area contributed by atoms with Crippen LogP contribution in [0.5, 0.6) is 0 Å². The second kappa shape index (κ2) is 10.5. The molecule has 0 fully saturated rings. The molecule has 1 aliphatic rings. The second-order valence-corrected chi connectivity index (χ2v) is 8.37. The molecule has 1 atom stereocenters. The van der Waals surface area contributed by atoms with Gasteiger partial charge in [-0.2, -0.15) is 0 Å². The maximum Gasteiger partial charge on any atom is 0.0836 e. The largest absolute Gasteiger partial charge is 0.398 e. The smallest absolute Gasteiger partial charge is 0.0836 e. The summed E-state index contributed by atoms with van der Waals surface area (Å²) >= 11 is 0. The Balaban J connectivity index is 1.75. The molecule has 0 aliphatic heterocycles. The van der Waals surface area contributed by atoms with Crippen molar-refractivity contribution in [3.8, 4) is 0 Å². The Morgan fingerprint density at radius 2 is 1.53 bits per heavy atom. The quantitative estimate of drug-likeness (QED) is 0.334. The summed E-state index contributed by atoms with van der Waals surface area (Å²) in [5.74, 6) is 0.639. The van der Waals surface area contributed by atoms with Gasteiger partial charge in [0.15, 0.2) is 0 Å². The van der Waals surface area contributed by atoms with Crippen molar-refractivity contribution in [2.75, 3.05) is 0 Å². The predicted octanol–water partition coefficient (Wildman–Crippen LogP) is 7.00. The summed E-state index contributed by atoms with van der Waals surface area (Å²) in [6.45, 7) is 2.32. The van der Waals surface area contributed by atoms with E-state index in [1.54, 1.807) is 0 Å². The number of allylic oxidation sites excluding steroid dienone is 3. The third-order valence-electron chi connectivity index (χ3n) is 5.81. The van der Waals surface area contributed by atoms with Gasteiger partial charge in [-0.1, -0.05) is 104 Å². The average Bonchev–Trinajstić information content (AvgIpc) is 2.84. The lowest BCUT2D eigenvalue weighted by Gasteiger charge is -2.26. The van der Waals surface area contributed by atoms with E-state index in [-0.39, 0.29) is 0 Å². The van der Waals surface area contributed by atoms with Crippen LogP contribution < -0.4 is 11.1 Å². The summed E-state index contributed by atoms with van der Waals surface area (Å²) in [5.41, 5.74) is 17.6. The Labute approximate surface area is 191 Å². The normalized spacial score (nSPS) is 16.3. The first-order valence-electron chi connectivity index (χ1n) is 11.3. The van der Waals surface area contributed by atoms with E-state index in [1.165, 1.54) is 23.3 Å². The van der Waals surface area contributed by atoms with E-state index in [4.69, 9.17) is 5.73 Å². The van der Waals surface area contributed by atoms with Crippen molar-refractivity contribution < 1.29 is 0 Å². The van der Waals surface area contributed by atoms with Gasteiger partial charge in [0.05, 0.1) is 5.70 Å². The number of benzene rings is 3. The van der Waals surface area contributed by atoms with Gasteiger partial charge in [0.2, 0.25) is 0 Å². The van der Waals surface area contributed by atoms with Gasteiger partial charge >= 0.3 is 0 Å². The third-order valence-corrected chi connectivity index (χ3v) is 5.81. The molecule has 0 radical (unpaired) electrons. The number of hydrogen-bond acceptors (Lipinski definition) is 2. The lowest BCUT2D eigenvalue weighted by molar-refractivity contribution is 0.504. The minimum absolute atomic E-state index is 0.639. The van der Waals surface area contributed by atoms with Crippen molar-refractivity contribution in [3.63, 3.8) is 0 Å². The molecule has 3 N–H and O–H groups in total. The molecular formula is C30H30N2. The van der Waals surface area contributed by atoms with E-state index in [9.17, 15) is 0 Å². The van der Waals surface area contributed by atoms with Crippen LogP contribution in [0, 0.1) is 5.92 Å². The number of rotatable bonds is 6. The number of nitrogens with two attached hydrogens (primary N) is 1. The summed E-state index contributed by atoms with van der Waals surface area (Å²) < 4.78 is 0. The first-order chi connectivity index (χ1) is 15.7. The van der Waals surface area contributed by atoms with Crippen molar-refractivity contribution in [2.45, 2.75) is 26.2 Å². The highest BCUT2D eigenvalue weighted by molar-refractivity contribution is 5.71. The van der Waals surface area contributed by atoms with Crippen LogP contribution in [-0.4, -0.2) is 0 Å². The molecule has 1 unspecified atom stereocenters. The summed E-state index contributed by atoms with van der Waals surface area (Å²) in [6.07, 6.45) is 7.28. The van der Waals surface area contributed by atoms with Gasteiger partial charge in [0, 0.05) is 11.4 Å². The van der Waals surface area contributed by atoms with E-state index >= 15 is 0 Å². The summed E-state index contributed by atoms with van der Waals surface area (Å²) in [4.78, 5) is 0. The molecule has 0 aromatic heterocycles. The van der Waals surface area contributed by atoms with Gasteiger partial charge in [-0.05, 0) is 59.6 Å².